The Labute approximate surface area is 251 Å². The average molecular weight is 572 g/mol. The highest BCUT2D eigenvalue weighted by Crippen LogP contribution is 2.44. The summed E-state index contributed by atoms with van der Waals surface area (Å²) in [6, 6.07) is 33.0. The molecule has 0 saturated carbocycles. The molecule has 0 bridgehead atoms. The molecule has 4 aromatic carbocycles. The summed E-state index contributed by atoms with van der Waals surface area (Å²) in [5, 5.41) is 8.24. The van der Waals surface area contributed by atoms with Crippen LogP contribution in [0.2, 0.25) is 0 Å². The smallest absolute Gasteiger partial charge is 0.407 e. The number of alkyl carbamates (subject to hydrolysis) is 1. The lowest BCUT2D eigenvalue weighted by Crippen LogP contribution is -2.55. The van der Waals surface area contributed by atoms with Crippen molar-refractivity contribution in [1.29, 1.82) is 0 Å². The van der Waals surface area contributed by atoms with E-state index >= 15 is 0 Å². The van der Waals surface area contributed by atoms with Crippen LogP contribution < -0.4 is 16.0 Å². The topological polar surface area (TPSA) is 96.5 Å². The molecule has 0 unspecified atom stereocenters. The standard InChI is InChI=1S/C36H33N3O4/c1-2-21-37-34(40)32(22-25-13-5-3-6-14-25)38-35(41)33(23-26-15-7-4-8-16-26)39-36(42)43-24-31-29-19-11-9-17-27(29)28-18-10-12-20-30(28)31/h1,3-20,31-33H,21-24H2,(H,37,40)(H,38,41)(H,39,42)/t32-,33-/m0/s1. The lowest BCUT2D eigenvalue weighted by atomic mass is 9.98. The normalized spacial score (nSPS) is 13.0. The third-order valence-electron chi connectivity index (χ3n) is 7.52. The Hall–Kier alpha value is -5.35. The zero-order valence-corrected chi connectivity index (χ0v) is 23.7. The highest BCUT2D eigenvalue weighted by molar-refractivity contribution is 5.91. The Balaban J connectivity index is 1.30. The van der Waals surface area contributed by atoms with Gasteiger partial charge < -0.3 is 20.7 Å². The summed E-state index contributed by atoms with van der Waals surface area (Å²) in [6.45, 7) is 0.149. The van der Waals surface area contributed by atoms with E-state index in [0.717, 1.165) is 33.4 Å². The lowest BCUT2D eigenvalue weighted by molar-refractivity contribution is -0.129. The van der Waals surface area contributed by atoms with Crippen LogP contribution in [0.1, 0.15) is 28.2 Å². The second kappa shape index (κ2) is 14.0. The second-order valence-corrected chi connectivity index (χ2v) is 10.4. The van der Waals surface area contributed by atoms with Gasteiger partial charge in [0.25, 0.3) is 0 Å². The molecular weight excluding hydrogens is 538 g/mol. The van der Waals surface area contributed by atoms with Crippen LogP contribution in [-0.4, -0.2) is 43.1 Å². The van der Waals surface area contributed by atoms with Crippen molar-refractivity contribution in [2.75, 3.05) is 13.2 Å². The molecule has 0 aliphatic heterocycles. The predicted molar refractivity (Wildman–Crippen MR) is 166 cm³/mol. The number of nitrogens with one attached hydrogen (secondary N) is 3. The number of carbonyl (C=O) groups excluding carboxylic acids is 3. The minimum Gasteiger partial charge on any atom is -0.449 e. The molecule has 1 aliphatic carbocycles. The quantitative estimate of drug-likeness (QED) is 0.229. The molecule has 7 heteroatoms. The van der Waals surface area contributed by atoms with Crippen molar-refractivity contribution in [2.24, 2.45) is 0 Å². The minimum absolute atomic E-state index is 0.0332. The van der Waals surface area contributed by atoms with Gasteiger partial charge in [-0.3, -0.25) is 9.59 Å². The van der Waals surface area contributed by atoms with Gasteiger partial charge in [0, 0.05) is 18.8 Å². The Bertz CT molecular complexity index is 1570. The van der Waals surface area contributed by atoms with Crippen molar-refractivity contribution in [3.8, 4) is 23.5 Å². The first-order valence-electron chi connectivity index (χ1n) is 14.2. The second-order valence-electron chi connectivity index (χ2n) is 10.4. The Kier molecular flexibility index (Phi) is 9.50. The molecule has 0 spiro atoms. The number of rotatable bonds is 11. The first-order valence-corrected chi connectivity index (χ1v) is 14.2. The maximum absolute atomic E-state index is 13.6. The minimum atomic E-state index is -0.989. The molecule has 0 saturated heterocycles. The van der Waals surface area contributed by atoms with E-state index < -0.39 is 30.0 Å². The molecule has 0 heterocycles. The van der Waals surface area contributed by atoms with E-state index in [9.17, 15) is 14.4 Å². The number of benzene rings is 4. The van der Waals surface area contributed by atoms with Gasteiger partial charge in [-0.1, -0.05) is 115 Å². The van der Waals surface area contributed by atoms with E-state index in [1.807, 2.05) is 97.1 Å². The lowest BCUT2D eigenvalue weighted by Gasteiger charge is -2.23. The molecule has 3 N–H and O–H groups in total. The molecule has 0 aromatic heterocycles. The number of terminal acetylenes is 1. The molecule has 4 aromatic rings. The summed E-state index contributed by atoms with van der Waals surface area (Å²) in [7, 11) is 0. The number of ether oxygens (including phenoxy) is 1. The first-order chi connectivity index (χ1) is 21.0. The van der Waals surface area contributed by atoms with Crippen molar-refractivity contribution >= 4 is 17.9 Å². The van der Waals surface area contributed by atoms with Gasteiger partial charge in [-0.05, 0) is 33.4 Å². The molecule has 7 nitrogen and oxygen atoms in total. The van der Waals surface area contributed by atoms with Gasteiger partial charge in [-0.25, -0.2) is 4.79 Å². The van der Waals surface area contributed by atoms with Crippen molar-refractivity contribution in [1.82, 2.24) is 16.0 Å². The fourth-order valence-electron chi connectivity index (χ4n) is 5.43. The summed E-state index contributed by atoms with van der Waals surface area (Å²) in [6.07, 6.45) is 5.08. The summed E-state index contributed by atoms with van der Waals surface area (Å²) in [5.74, 6) is 1.35. The largest absolute Gasteiger partial charge is 0.449 e. The Morgan fingerprint density at radius 3 is 1.70 bits per heavy atom. The third-order valence-corrected chi connectivity index (χ3v) is 7.52. The van der Waals surface area contributed by atoms with Crippen molar-refractivity contribution in [3.05, 3.63) is 131 Å². The maximum atomic E-state index is 13.6. The fraction of sp³-hybridized carbons (Fsp3) is 0.194. The van der Waals surface area contributed by atoms with Crippen LogP contribution in [0.25, 0.3) is 11.1 Å². The molecule has 43 heavy (non-hydrogen) atoms. The Morgan fingerprint density at radius 2 is 1.16 bits per heavy atom. The summed E-state index contributed by atoms with van der Waals surface area (Å²) in [4.78, 5) is 39.8. The maximum Gasteiger partial charge on any atom is 0.407 e. The average Bonchev–Trinajstić information content (AvgIpc) is 3.36. The highest BCUT2D eigenvalue weighted by Gasteiger charge is 2.31. The SMILES string of the molecule is C#CCNC(=O)[C@H](Cc1ccccc1)NC(=O)[C@H](Cc1ccccc1)NC(=O)OCC1c2ccccc2-c2ccccc21. The van der Waals surface area contributed by atoms with E-state index in [1.165, 1.54) is 0 Å². The molecule has 0 fully saturated rings. The van der Waals surface area contributed by atoms with E-state index in [2.05, 4.69) is 34.0 Å². The highest BCUT2D eigenvalue weighted by atomic mass is 16.5. The van der Waals surface area contributed by atoms with E-state index in [4.69, 9.17) is 11.2 Å². The summed E-state index contributed by atoms with van der Waals surface area (Å²) < 4.78 is 5.73. The van der Waals surface area contributed by atoms with Gasteiger partial charge in [0.1, 0.15) is 18.7 Å². The zero-order chi connectivity index (χ0) is 30.0. The van der Waals surface area contributed by atoms with Gasteiger partial charge >= 0.3 is 6.09 Å². The van der Waals surface area contributed by atoms with Crippen LogP contribution in [0, 0.1) is 12.3 Å². The zero-order valence-electron chi connectivity index (χ0n) is 23.7. The van der Waals surface area contributed by atoms with Gasteiger partial charge in [0.15, 0.2) is 0 Å². The van der Waals surface area contributed by atoms with Gasteiger partial charge in [0.05, 0.1) is 6.54 Å². The number of hydrogen-bond donors (Lipinski definition) is 3. The predicted octanol–water partition coefficient (Wildman–Crippen LogP) is 4.61. The van der Waals surface area contributed by atoms with Gasteiger partial charge in [-0.15, -0.1) is 6.42 Å². The molecule has 1 aliphatic rings. The molecule has 216 valence electrons. The van der Waals surface area contributed by atoms with Crippen LogP contribution in [0.3, 0.4) is 0 Å². The van der Waals surface area contributed by atoms with Gasteiger partial charge in [0.2, 0.25) is 11.8 Å². The van der Waals surface area contributed by atoms with Crippen molar-refractivity contribution in [3.63, 3.8) is 0 Å². The number of carbonyl (C=O) groups is 3. The number of amides is 3. The fourth-order valence-corrected chi connectivity index (χ4v) is 5.43. The van der Waals surface area contributed by atoms with Crippen LogP contribution in [0.15, 0.2) is 109 Å². The third kappa shape index (κ3) is 7.30. The van der Waals surface area contributed by atoms with Crippen LogP contribution in [0.4, 0.5) is 4.79 Å². The van der Waals surface area contributed by atoms with Crippen LogP contribution in [-0.2, 0) is 27.2 Å². The molecule has 3 amide bonds. The Morgan fingerprint density at radius 1 is 0.674 bits per heavy atom. The van der Waals surface area contributed by atoms with Crippen molar-refractivity contribution < 1.29 is 19.1 Å². The van der Waals surface area contributed by atoms with E-state index in [1.54, 1.807) is 0 Å². The van der Waals surface area contributed by atoms with Crippen molar-refractivity contribution in [2.45, 2.75) is 30.8 Å². The number of hydrogen-bond acceptors (Lipinski definition) is 4. The summed E-state index contributed by atoms with van der Waals surface area (Å²) >= 11 is 0. The summed E-state index contributed by atoms with van der Waals surface area (Å²) in [5.41, 5.74) is 6.15. The monoisotopic (exact) mass is 571 g/mol. The molecule has 5 rings (SSSR count). The molecule has 2 atom stereocenters. The van der Waals surface area contributed by atoms with Gasteiger partial charge in [-0.2, -0.15) is 0 Å². The number of fused-ring (bicyclic) bond motifs is 3. The molecular formula is C36H33N3O4. The molecule has 0 radical (unpaired) electrons. The van der Waals surface area contributed by atoms with E-state index in [0.29, 0.717) is 0 Å². The first kappa shape index (κ1) is 29.2. The van der Waals surface area contributed by atoms with E-state index in [-0.39, 0.29) is 31.9 Å². The van der Waals surface area contributed by atoms with Crippen LogP contribution in [0.5, 0.6) is 0 Å². The van der Waals surface area contributed by atoms with Crippen LogP contribution >= 0.6 is 0 Å².